The summed E-state index contributed by atoms with van der Waals surface area (Å²) in [5.41, 5.74) is 2.90. The van der Waals surface area contributed by atoms with Gasteiger partial charge >= 0.3 is 0 Å². The maximum atomic E-state index is 13.3. The van der Waals surface area contributed by atoms with Gasteiger partial charge in [0.05, 0.1) is 6.04 Å². The minimum absolute atomic E-state index is 0.115. The summed E-state index contributed by atoms with van der Waals surface area (Å²) in [7, 11) is 0. The van der Waals surface area contributed by atoms with Crippen LogP contribution in [-0.2, 0) is 6.54 Å². The summed E-state index contributed by atoms with van der Waals surface area (Å²) in [6.07, 6.45) is 0. The first kappa shape index (κ1) is 11.9. The van der Waals surface area contributed by atoms with Gasteiger partial charge in [-0.1, -0.05) is 36.4 Å². The van der Waals surface area contributed by atoms with Crippen molar-refractivity contribution in [2.24, 2.45) is 0 Å². The predicted octanol–water partition coefficient (Wildman–Crippen LogP) is 3.73. The molecule has 3 rings (SSSR count). The Balaban J connectivity index is 1.92. The molecule has 0 aromatic heterocycles. The summed E-state index contributed by atoms with van der Waals surface area (Å²) >= 11 is 0. The number of fused-ring (bicyclic) bond motifs is 1. The Labute approximate surface area is 112 Å². The molecule has 0 aliphatic carbocycles. The van der Waals surface area contributed by atoms with E-state index in [-0.39, 0.29) is 11.9 Å². The summed E-state index contributed by atoms with van der Waals surface area (Å²) in [6, 6.07) is 14.9. The second-order valence-corrected chi connectivity index (χ2v) is 4.86. The van der Waals surface area contributed by atoms with E-state index in [2.05, 4.69) is 19.1 Å². The van der Waals surface area contributed by atoms with Crippen molar-refractivity contribution >= 4 is 5.84 Å². The molecule has 0 spiro atoms. The van der Waals surface area contributed by atoms with Crippen LogP contribution < -0.4 is 0 Å². The molecule has 1 N–H and O–H groups in total. The molecule has 1 aliphatic rings. The third-order valence-corrected chi connectivity index (χ3v) is 3.70. The van der Waals surface area contributed by atoms with Crippen LogP contribution in [0.5, 0.6) is 0 Å². The second-order valence-electron chi connectivity index (χ2n) is 4.86. The lowest BCUT2D eigenvalue weighted by Crippen LogP contribution is -2.27. The zero-order valence-electron chi connectivity index (χ0n) is 10.7. The second kappa shape index (κ2) is 4.50. The minimum atomic E-state index is -0.280. The standard InChI is InChI=1S/C16H15FN2/c1-11(12-5-3-2-4-6-12)19-10-13-7-8-14(17)9-15(13)16(19)18/h2-9,11,18H,10H2,1H3. The number of amidine groups is 1. The average Bonchev–Trinajstić information content (AvgIpc) is 2.76. The van der Waals surface area contributed by atoms with E-state index in [1.54, 1.807) is 6.07 Å². The lowest BCUT2D eigenvalue weighted by atomic mass is 10.1. The summed E-state index contributed by atoms with van der Waals surface area (Å²) in [5.74, 6) is 0.128. The van der Waals surface area contributed by atoms with Crippen LogP contribution in [0, 0.1) is 11.2 Å². The topological polar surface area (TPSA) is 27.1 Å². The van der Waals surface area contributed by atoms with Crippen LogP contribution in [-0.4, -0.2) is 10.7 Å². The number of nitrogens with one attached hydrogen (secondary N) is 1. The van der Waals surface area contributed by atoms with Crippen molar-refractivity contribution in [1.82, 2.24) is 4.90 Å². The Kier molecular flexibility index (Phi) is 2.82. The molecule has 0 saturated heterocycles. The van der Waals surface area contributed by atoms with Crippen molar-refractivity contribution < 1.29 is 4.39 Å². The van der Waals surface area contributed by atoms with Gasteiger partial charge in [-0.2, -0.15) is 0 Å². The molecule has 0 saturated carbocycles. The third kappa shape index (κ3) is 2.01. The highest BCUT2D eigenvalue weighted by molar-refractivity contribution is 6.00. The fraction of sp³-hybridized carbons (Fsp3) is 0.188. The molecule has 1 aliphatic heterocycles. The lowest BCUT2D eigenvalue weighted by molar-refractivity contribution is 0.341. The predicted molar refractivity (Wildman–Crippen MR) is 73.6 cm³/mol. The number of nitrogens with zero attached hydrogens (tertiary/aromatic N) is 1. The van der Waals surface area contributed by atoms with Crippen molar-refractivity contribution in [1.29, 1.82) is 5.41 Å². The number of rotatable bonds is 2. The molecule has 1 atom stereocenters. The molecule has 0 bridgehead atoms. The van der Waals surface area contributed by atoms with Gasteiger partial charge in [-0.3, -0.25) is 5.41 Å². The van der Waals surface area contributed by atoms with Gasteiger partial charge in [0.15, 0.2) is 0 Å². The van der Waals surface area contributed by atoms with Crippen molar-refractivity contribution in [3.05, 3.63) is 71.0 Å². The van der Waals surface area contributed by atoms with Gasteiger partial charge in [0.1, 0.15) is 11.7 Å². The molecule has 2 nitrogen and oxygen atoms in total. The summed E-state index contributed by atoms with van der Waals surface area (Å²) in [6.45, 7) is 2.75. The number of benzene rings is 2. The van der Waals surface area contributed by atoms with Gasteiger partial charge in [0.25, 0.3) is 0 Å². The normalized spacial score (nSPS) is 15.5. The highest BCUT2D eigenvalue weighted by Crippen LogP contribution is 2.31. The Morgan fingerprint density at radius 2 is 1.89 bits per heavy atom. The molecule has 2 aromatic carbocycles. The van der Waals surface area contributed by atoms with E-state index in [0.29, 0.717) is 17.9 Å². The Morgan fingerprint density at radius 3 is 2.63 bits per heavy atom. The molecular formula is C16H15FN2. The van der Waals surface area contributed by atoms with Crippen LogP contribution >= 0.6 is 0 Å². The van der Waals surface area contributed by atoms with E-state index < -0.39 is 0 Å². The van der Waals surface area contributed by atoms with Crippen LogP contribution in [0.2, 0.25) is 0 Å². The van der Waals surface area contributed by atoms with Crippen molar-refractivity contribution in [3.63, 3.8) is 0 Å². The van der Waals surface area contributed by atoms with E-state index in [0.717, 1.165) is 5.56 Å². The molecule has 1 unspecified atom stereocenters. The molecule has 1 heterocycles. The molecule has 2 aromatic rings. The van der Waals surface area contributed by atoms with Crippen LogP contribution in [0.3, 0.4) is 0 Å². The zero-order valence-corrected chi connectivity index (χ0v) is 10.7. The van der Waals surface area contributed by atoms with Crippen LogP contribution in [0.25, 0.3) is 0 Å². The Hall–Kier alpha value is -2.16. The van der Waals surface area contributed by atoms with Gasteiger partial charge in [-0.15, -0.1) is 0 Å². The number of halogens is 1. The average molecular weight is 254 g/mol. The molecule has 0 fully saturated rings. The maximum absolute atomic E-state index is 13.3. The maximum Gasteiger partial charge on any atom is 0.129 e. The molecule has 19 heavy (non-hydrogen) atoms. The SMILES string of the molecule is CC(c1ccccc1)N1Cc2ccc(F)cc2C1=N. The quantitative estimate of drug-likeness (QED) is 0.868. The first-order valence-corrected chi connectivity index (χ1v) is 6.36. The zero-order chi connectivity index (χ0) is 13.4. The molecule has 3 heteroatoms. The van der Waals surface area contributed by atoms with Crippen molar-refractivity contribution in [3.8, 4) is 0 Å². The summed E-state index contributed by atoms with van der Waals surface area (Å²) in [4.78, 5) is 2.00. The van der Waals surface area contributed by atoms with Crippen LogP contribution in [0.4, 0.5) is 4.39 Å². The van der Waals surface area contributed by atoms with E-state index in [1.807, 2.05) is 23.1 Å². The van der Waals surface area contributed by atoms with Gasteiger partial charge in [-0.25, -0.2) is 4.39 Å². The monoisotopic (exact) mass is 254 g/mol. The highest BCUT2D eigenvalue weighted by Gasteiger charge is 2.28. The number of hydrogen-bond donors (Lipinski definition) is 1. The van der Waals surface area contributed by atoms with Crippen LogP contribution in [0.15, 0.2) is 48.5 Å². The van der Waals surface area contributed by atoms with Crippen molar-refractivity contribution in [2.45, 2.75) is 19.5 Å². The molecule has 0 radical (unpaired) electrons. The van der Waals surface area contributed by atoms with Gasteiger partial charge in [0.2, 0.25) is 0 Å². The Morgan fingerprint density at radius 1 is 1.16 bits per heavy atom. The van der Waals surface area contributed by atoms with Gasteiger partial charge in [0, 0.05) is 12.1 Å². The molecule has 0 amide bonds. The number of hydrogen-bond acceptors (Lipinski definition) is 1. The van der Waals surface area contributed by atoms with Crippen molar-refractivity contribution in [2.75, 3.05) is 0 Å². The van der Waals surface area contributed by atoms with E-state index in [9.17, 15) is 4.39 Å². The highest BCUT2D eigenvalue weighted by atomic mass is 19.1. The first-order valence-electron chi connectivity index (χ1n) is 6.36. The fourth-order valence-corrected chi connectivity index (χ4v) is 2.57. The summed E-state index contributed by atoms with van der Waals surface area (Å²) in [5, 5.41) is 8.22. The molecule has 96 valence electrons. The lowest BCUT2D eigenvalue weighted by Gasteiger charge is -2.26. The van der Waals surface area contributed by atoms with E-state index in [4.69, 9.17) is 5.41 Å². The largest absolute Gasteiger partial charge is 0.345 e. The minimum Gasteiger partial charge on any atom is -0.345 e. The Bertz CT molecular complexity index is 622. The third-order valence-electron chi connectivity index (χ3n) is 3.70. The van der Waals surface area contributed by atoms with E-state index >= 15 is 0 Å². The van der Waals surface area contributed by atoms with Gasteiger partial charge < -0.3 is 4.90 Å². The van der Waals surface area contributed by atoms with Gasteiger partial charge in [-0.05, 0) is 30.2 Å². The summed E-state index contributed by atoms with van der Waals surface area (Å²) < 4.78 is 13.3. The molecular weight excluding hydrogens is 239 g/mol. The first-order chi connectivity index (χ1) is 9.16. The fourth-order valence-electron chi connectivity index (χ4n) is 2.57. The van der Waals surface area contributed by atoms with E-state index in [1.165, 1.54) is 17.7 Å². The smallest absolute Gasteiger partial charge is 0.129 e. The van der Waals surface area contributed by atoms with Crippen LogP contribution in [0.1, 0.15) is 29.7 Å².